The van der Waals surface area contributed by atoms with E-state index in [4.69, 9.17) is 4.99 Å². The van der Waals surface area contributed by atoms with E-state index in [1.165, 1.54) is 18.7 Å². The molecule has 0 spiro atoms. The van der Waals surface area contributed by atoms with E-state index >= 15 is 0 Å². The van der Waals surface area contributed by atoms with E-state index in [1.807, 2.05) is 6.34 Å². The molecule has 0 radical (unpaired) electrons. The molecule has 2 N–H and O–H groups in total. The van der Waals surface area contributed by atoms with Crippen LogP contribution in [0.4, 0.5) is 0 Å². The zero-order chi connectivity index (χ0) is 18.3. The SMILES string of the molecule is CC1(C)CN=C(CC2CCN(C=N[C@@H]3CN4[C@@H](C(=O)O)CS[C@H]34)CC2)N1. The van der Waals surface area contributed by atoms with E-state index in [2.05, 4.69) is 34.0 Å². The third-order valence-corrected chi connectivity index (χ3v) is 7.30. The largest absolute Gasteiger partial charge is 0.480 e. The topological polar surface area (TPSA) is 80.5 Å². The summed E-state index contributed by atoms with van der Waals surface area (Å²) >= 11 is 1.73. The molecule has 3 atom stereocenters. The molecule has 8 heteroatoms. The normalized spacial score (nSPS) is 34.5. The van der Waals surface area contributed by atoms with Crippen molar-refractivity contribution in [2.24, 2.45) is 15.9 Å². The standard InChI is InChI=1S/C18H29N5O2S/c1-18(2)10-19-15(21-18)7-12-3-5-22(6-4-12)11-20-13-8-23-14(17(24)25)9-26-16(13)23/h11-14,16H,3-10H2,1-2H3,(H,19,21)(H,24,25)/t13-,14-,16-/m1/s1. The molecule has 0 aromatic rings. The summed E-state index contributed by atoms with van der Waals surface area (Å²) < 4.78 is 0. The van der Waals surface area contributed by atoms with Gasteiger partial charge in [-0.25, -0.2) is 0 Å². The van der Waals surface area contributed by atoms with Gasteiger partial charge in [0.2, 0.25) is 0 Å². The number of hydrogen-bond acceptors (Lipinski definition) is 6. The molecule has 4 aliphatic heterocycles. The van der Waals surface area contributed by atoms with E-state index < -0.39 is 5.97 Å². The van der Waals surface area contributed by atoms with Crippen molar-refractivity contribution in [3.63, 3.8) is 0 Å². The third kappa shape index (κ3) is 3.71. The Kier molecular flexibility index (Phi) is 4.90. The van der Waals surface area contributed by atoms with Crippen LogP contribution >= 0.6 is 11.8 Å². The molecule has 0 aromatic carbocycles. The minimum atomic E-state index is -0.700. The van der Waals surface area contributed by atoms with Crippen molar-refractivity contribution in [2.45, 2.75) is 56.1 Å². The molecular weight excluding hydrogens is 350 g/mol. The van der Waals surface area contributed by atoms with Gasteiger partial charge in [0.15, 0.2) is 0 Å². The number of hydrogen-bond donors (Lipinski definition) is 2. The lowest BCUT2D eigenvalue weighted by Gasteiger charge is -2.42. The summed E-state index contributed by atoms with van der Waals surface area (Å²) in [4.78, 5) is 25.0. The zero-order valence-electron chi connectivity index (χ0n) is 15.6. The molecule has 4 aliphatic rings. The Balaban J connectivity index is 1.19. The summed E-state index contributed by atoms with van der Waals surface area (Å²) in [5.41, 5.74) is 0.122. The Labute approximate surface area is 159 Å². The monoisotopic (exact) mass is 379 g/mol. The molecule has 0 bridgehead atoms. The van der Waals surface area contributed by atoms with Crippen molar-refractivity contribution in [3.8, 4) is 0 Å². The Morgan fingerprint density at radius 1 is 1.46 bits per heavy atom. The van der Waals surface area contributed by atoms with Gasteiger partial charge >= 0.3 is 5.97 Å². The maximum atomic E-state index is 11.2. The number of thioether (sulfide) groups is 1. The van der Waals surface area contributed by atoms with E-state index in [9.17, 15) is 9.90 Å². The lowest BCUT2D eigenvalue weighted by atomic mass is 9.93. The number of nitrogens with one attached hydrogen (secondary N) is 1. The molecule has 0 amide bonds. The molecule has 4 rings (SSSR count). The number of amidine groups is 1. The molecule has 3 saturated heterocycles. The lowest BCUT2D eigenvalue weighted by Crippen LogP contribution is -2.59. The van der Waals surface area contributed by atoms with Gasteiger partial charge in [0, 0.05) is 31.8 Å². The van der Waals surface area contributed by atoms with Crippen molar-refractivity contribution < 1.29 is 9.90 Å². The smallest absolute Gasteiger partial charge is 0.321 e. The predicted octanol–water partition coefficient (Wildman–Crippen LogP) is 1.11. The minimum absolute atomic E-state index is 0.122. The van der Waals surface area contributed by atoms with Crippen LogP contribution in [0.1, 0.15) is 33.1 Å². The Morgan fingerprint density at radius 2 is 2.23 bits per heavy atom. The van der Waals surface area contributed by atoms with Gasteiger partial charge in [0.25, 0.3) is 0 Å². The van der Waals surface area contributed by atoms with Gasteiger partial charge in [-0.3, -0.25) is 19.7 Å². The number of carboxylic acids is 1. The maximum absolute atomic E-state index is 11.2. The highest BCUT2D eigenvalue weighted by atomic mass is 32.2. The molecular formula is C18H29N5O2S. The van der Waals surface area contributed by atoms with Crippen molar-refractivity contribution in [3.05, 3.63) is 0 Å². The van der Waals surface area contributed by atoms with Crippen LogP contribution < -0.4 is 5.32 Å². The average molecular weight is 380 g/mol. The number of rotatable bonds is 5. The van der Waals surface area contributed by atoms with Gasteiger partial charge in [0.1, 0.15) is 6.04 Å². The molecule has 4 heterocycles. The highest BCUT2D eigenvalue weighted by molar-refractivity contribution is 8.00. The number of aliphatic imine (C=N–C) groups is 2. The Bertz CT molecular complexity index is 615. The van der Waals surface area contributed by atoms with Crippen LogP contribution in [0.2, 0.25) is 0 Å². The zero-order valence-corrected chi connectivity index (χ0v) is 16.4. The van der Waals surface area contributed by atoms with Crippen LogP contribution in [0.3, 0.4) is 0 Å². The fourth-order valence-electron chi connectivity index (χ4n) is 4.23. The fourth-order valence-corrected chi connectivity index (χ4v) is 5.74. The summed E-state index contributed by atoms with van der Waals surface area (Å²) in [5, 5.41) is 13.0. The highest BCUT2D eigenvalue weighted by Gasteiger charge is 2.50. The second-order valence-electron chi connectivity index (χ2n) is 8.56. The van der Waals surface area contributed by atoms with Crippen LogP contribution in [0, 0.1) is 5.92 Å². The van der Waals surface area contributed by atoms with Crippen LogP contribution in [0.15, 0.2) is 9.98 Å². The summed E-state index contributed by atoms with van der Waals surface area (Å²) in [5.74, 6) is 1.88. The predicted molar refractivity (Wildman–Crippen MR) is 105 cm³/mol. The van der Waals surface area contributed by atoms with Gasteiger partial charge in [-0.1, -0.05) is 0 Å². The Hall–Kier alpha value is -1.28. The van der Waals surface area contributed by atoms with E-state index in [0.29, 0.717) is 11.7 Å². The van der Waals surface area contributed by atoms with Crippen LogP contribution in [-0.4, -0.2) is 88.0 Å². The first-order valence-electron chi connectivity index (χ1n) is 9.60. The first kappa shape index (κ1) is 18.1. The van der Waals surface area contributed by atoms with E-state index in [1.54, 1.807) is 11.8 Å². The number of nitrogens with zero attached hydrogens (tertiary/aromatic N) is 4. The molecule has 0 aliphatic carbocycles. The highest BCUT2D eigenvalue weighted by Crippen LogP contribution is 2.40. The summed E-state index contributed by atoms with van der Waals surface area (Å²) in [6.45, 7) is 8.17. The molecule has 26 heavy (non-hydrogen) atoms. The number of fused-ring (bicyclic) bond motifs is 1. The Morgan fingerprint density at radius 3 is 2.88 bits per heavy atom. The average Bonchev–Trinajstić information content (AvgIpc) is 3.09. The van der Waals surface area contributed by atoms with Gasteiger partial charge in [-0.2, -0.15) is 0 Å². The number of aliphatic carboxylic acids is 1. The van der Waals surface area contributed by atoms with Crippen molar-refractivity contribution in [2.75, 3.05) is 31.9 Å². The fraction of sp³-hybridized carbons (Fsp3) is 0.833. The molecule has 0 aromatic heterocycles. The number of carboxylic acid groups (broad SMARTS) is 1. The number of piperidine rings is 1. The summed E-state index contributed by atoms with van der Waals surface area (Å²) in [7, 11) is 0. The maximum Gasteiger partial charge on any atom is 0.321 e. The minimum Gasteiger partial charge on any atom is -0.480 e. The quantitative estimate of drug-likeness (QED) is 0.550. The molecule has 3 fully saturated rings. The van der Waals surface area contributed by atoms with Gasteiger partial charge in [-0.15, -0.1) is 11.8 Å². The summed E-state index contributed by atoms with van der Waals surface area (Å²) in [6, 6.07) is -0.0642. The second kappa shape index (κ2) is 7.03. The van der Waals surface area contributed by atoms with Gasteiger partial charge < -0.3 is 15.3 Å². The molecule has 0 saturated carbocycles. The lowest BCUT2D eigenvalue weighted by molar-refractivity contribution is -0.144. The van der Waals surface area contributed by atoms with E-state index in [-0.39, 0.29) is 23.0 Å². The summed E-state index contributed by atoms with van der Waals surface area (Å²) in [6.07, 6.45) is 5.45. The van der Waals surface area contributed by atoms with Crippen molar-refractivity contribution in [1.29, 1.82) is 0 Å². The van der Waals surface area contributed by atoms with Gasteiger partial charge in [0.05, 0.1) is 35.7 Å². The van der Waals surface area contributed by atoms with Crippen LogP contribution in [0.5, 0.6) is 0 Å². The number of likely N-dealkylation sites (tertiary alicyclic amines) is 1. The van der Waals surface area contributed by atoms with Gasteiger partial charge in [-0.05, 0) is 32.6 Å². The molecule has 7 nitrogen and oxygen atoms in total. The molecule has 144 valence electrons. The first-order chi connectivity index (χ1) is 12.4. The van der Waals surface area contributed by atoms with Crippen LogP contribution in [0.25, 0.3) is 0 Å². The molecule has 0 unspecified atom stereocenters. The van der Waals surface area contributed by atoms with Crippen molar-refractivity contribution >= 4 is 29.9 Å². The van der Waals surface area contributed by atoms with Crippen molar-refractivity contribution in [1.82, 2.24) is 15.1 Å². The second-order valence-corrected chi connectivity index (χ2v) is 9.71. The number of carbonyl (C=O) groups is 1. The third-order valence-electron chi connectivity index (χ3n) is 5.86. The van der Waals surface area contributed by atoms with E-state index in [0.717, 1.165) is 32.6 Å². The first-order valence-corrected chi connectivity index (χ1v) is 10.7. The van der Waals surface area contributed by atoms with Crippen LogP contribution in [-0.2, 0) is 4.79 Å².